The van der Waals surface area contributed by atoms with Gasteiger partial charge in [0.2, 0.25) is 5.95 Å². The highest BCUT2D eigenvalue weighted by Crippen LogP contribution is 2.31. The van der Waals surface area contributed by atoms with E-state index in [2.05, 4.69) is 36.9 Å². The molecule has 1 aliphatic carbocycles. The molecule has 120 valence electrons. The molecule has 1 fully saturated rings. The molecule has 3 heteroatoms. The third-order valence-corrected chi connectivity index (χ3v) is 4.69. The van der Waals surface area contributed by atoms with Crippen LogP contribution in [0.2, 0.25) is 0 Å². The Bertz CT molecular complexity index is 405. The molecule has 0 spiro atoms. The number of anilines is 1. The first-order chi connectivity index (χ1) is 10.2. The predicted octanol–water partition coefficient (Wildman–Crippen LogP) is 5.47. The first-order valence-corrected chi connectivity index (χ1v) is 9.02. The van der Waals surface area contributed by atoms with E-state index in [1.165, 1.54) is 64.2 Å². The van der Waals surface area contributed by atoms with Crippen molar-refractivity contribution >= 4 is 5.95 Å². The Labute approximate surface area is 130 Å². The van der Waals surface area contributed by atoms with E-state index in [9.17, 15) is 0 Å². The minimum atomic E-state index is 0.519. The lowest BCUT2D eigenvalue weighted by Crippen LogP contribution is -2.21. The zero-order valence-corrected chi connectivity index (χ0v) is 14.2. The first kappa shape index (κ1) is 16.4. The average Bonchev–Trinajstić information content (AvgIpc) is 2.85. The summed E-state index contributed by atoms with van der Waals surface area (Å²) in [4.78, 5) is 4.72. The summed E-state index contributed by atoms with van der Waals surface area (Å²) in [5.41, 5.74) is 1.14. The largest absolute Gasteiger partial charge is 0.353 e. The van der Waals surface area contributed by atoms with Crippen LogP contribution in [0.15, 0.2) is 6.20 Å². The maximum absolute atomic E-state index is 4.72. The molecule has 0 radical (unpaired) electrons. The molecule has 3 nitrogen and oxygen atoms in total. The molecular weight excluding hydrogens is 258 g/mol. The van der Waals surface area contributed by atoms with Crippen LogP contribution in [0, 0.1) is 6.92 Å². The Hall–Kier alpha value is -0.990. The van der Waals surface area contributed by atoms with Crippen molar-refractivity contribution in [2.45, 2.75) is 97.1 Å². The topological polar surface area (TPSA) is 29.9 Å². The van der Waals surface area contributed by atoms with Gasteiger partial charge in [0.1, 0.15) is 0 Å². The van der Waals surface area contributed by atoms with Crippen molar-refractivity contribution in [1.82, 2.24) is 9.55 Å². The van der Waals surface area contributed by atoms with Crippen LogP contribution in [0.3, 0.4) is 0 Å². The van der Waals surface area contributed by atoms with Gasteiger partial charge < -0.3 is 9.88 Å². The molecule has 2 rings (SSSR count). The molecule has 0 bridgehead atoms. The second kappa shape index (κ2) is 8.45. The predicted molar refractivity (Wildman–Crippen MR) is 90.9 cm³/mol. The standard InChI is InChI=1S/C18H33N3/c1-4-5-6-8-11-15(2)19-18-20-16(3)14-21(18)17-12-9-7-10-13-17/h14-15,17H,4-13H2,1-3H3,(H,19,20). The normalized spacial score (nSPS) is 17.9. The van der Waals surface area contributed by atoms with Crippen molar-refractivity contribution in [2.24, 2.45) is 0 Å². The summed E-state index contributed by atoms with van der Waals surface area (Å²) in [6, 6.07) is 1.18. The summed E-state index contributed by atoms with van der Waals surface area (Å²) in [6.07, 6.45) is 15.6. The van der Waals surface area contributed by atoms with Crippen LogP contribution >= 0.6 is 0 Å². The summed E-state index contributed by atoms with van der Waals surface area (Å²) < 4.78 is 2.41. The van der Waals surface area contributed by atoms with E-state index < -0.39 is 0 Å². The Balaban J connectivity index is 1.89. The molecule has 1 aromatic rings. The van der Waals surface area contributed by atoms with Gasteiger partial charge in [-0.3, -0.25) is 0 Å². The number of hydrogen-bond donors (Lipinski definition) is 1. The van der Waals surface area contributed by atoms with Crippen molar-refractivity contribution in [3.8, 4) is 0 Å². The number of aromatic nitrogens is 2. The SMILES string of the molecule is CCCCCCC(C)Nc1nc(C)cn1C1CCCCC1. The molecule has 0 aromatic carbocycles. The van der Waals surface area contributed by atoms with Crippen LogP contribution in [0.4, 0.5) is 5.95 Å². The number of hydrogen-bond acceptors (Lipinski definition) is 2. The quantitative estimate of drug-likeness (QED) is 0.644. The molecule has 1 atom stereocenters. The van der Waals surface area contributed by atoms with Gasteiger partial charge in [0.15, 0.2) is 0 Å². The van der Waals surface area contributed by atoms with E-state index >= 15 is 0 Å². The van der Waals surface area contributed by atoms with Crippen molar-refractivity contribution in [3.05, 3.63) is 11.9 Å². The number of nitrogens with zero attached hydrogens (tertiary/aromatic N) is 2. The molecule has 1 unspecified atom stereocenters. The zero-order valence-electron chi connectivity index (χ0n) is 14.2. The summed E-state index contributed by atoms with van der Waals surface area (Å²) in [5.74, 6) is 1.10. The van der Waals surface area contributed by atoms with Crippen molar-refractivity contribution in [1.29, 1.82) is 0 Å². The van der Waals surface area contributed by atoms with Gasteiger partial charge in [-0.15, -0.1) is 0 Å². The average molecular weight is 291 g/mol. The number of imidazole rings is 1. The minimum absolute atomic E-state index is 0.519. The maximum atomic E-state index is 4.72. The monoisotopic (exact) mass is 291 g/mol. The van der Waals surface area contributed by atoms with Gasteiger partial charge in [0, 0.05) is 18.3 Å². The molecule has 0 aliphatic heterocycles. The summed E-state index contributed by atoms with van der Waals surface area (Å²) in [6.45, 7) is 6.67. The van der Waals surface area contributed by atoms with Crippen molar-refractivity contribution in [3.63, 3.8) is 0 Å². The lowest BCUT2D eigenvalue weighted by molar-refractivity contribution is 0.355. The highest BCUT2D eigenvalue weighted by Gasteiger charge is 2.19. The van der Waals surface area contributed by atoms with Gasteiger partial charge in [-0.2, -0.15) is 0 Å². The molecule has 1 N–H and O–H groups in total. The number of unbranched alkanes of at least 4 members (excludes halogenated alkanes) is 3. The molecule has 1 aromatic heterocycles. The van der Waals surface area contributed by atoms with Crippen LogP contribution in [0.5, 0.6) is 0 Å². The van der Waals surface area contributed by atoms with Gasteiger partial charge in [-0.05, 0) is 33.1 Å². The molecular formula is C18H33N3. The fourth-order valence-electron chi connectivity index (χ4n) is 3.43. The molecule has 1 aliphatic rings. The maximum Gasteiger partial charge on any atom is 0.203 e. The Morgan fingerprint density at radius 3 is 2.71 bits per heavy atom. The van der Waals surface area contributed by atoms with E-state index in [0.29, 0.717) is 12.1 Å². The first-order valence-electron chi connectivity index (χ1n) is 9.02. The van der Waals surface area contributed by atoms with Gasteiger partial charge in [-0.25, -0.2) is 4.98 Å². The lowest BCUT2D eigenvalue weighted by atomic mass is 9.95. The van der Waals surface area contributed by atoms with E-state index in [0.717, 1.165) is 11.6 Å². The molecule has 21 heavy (non-hydrogen) atoms. The zero-order chi connectivity index (χ0) is 15.1. The van der Waals surface area contributed by atoms with Crippen LogP contribution in [-0.2, 0) is 0 Å². The smallest absolute Gasteiger partial charge is 0.203 e. The highest BCUT2D eigenvalue weighted by atomic mass is 15.2. The summed E-state index contributed by atoms with van der Waals surface area (Å²) in [7, 11) is 0. The van der Waals surface area contributed by atoms with Gasteiger partial charge in [-0.1, -0.05) is 51.9 Å². The van der Waals surface area contributed by atoms with Crippen molar-refractivity contribution in [2.75, 3.05) is 5.32 Å². The number of rotatable bonds is 8. The van der Waals surface area contributed by atoms with E-state index in [-0.39, 0.29) is 0 Å². The van der Waals surface area contributed by atoms with Gasteiger partial charge >= 0.3 is 0 Å². The van der Waals surface area contributed by atoms with E-state index in [1.54, 1.807) is 0 Å². The van der Waals surface area contributed by atoms with E-state index in [1.807, 2.05) is 0 Å². The van der Waals surface area contributed by atoms with Crippen molar-refractivity contribution < 1.29 is 0 Å². The number of nitrogens with one attached hydrogen (secondary N) is 1. The molecule has 1 saturated carbocycles. The fraction of sp³-hybridized carbons (Fsp3) is 0.833. The van der Waals surface area contributed by atoms with E-state index in [4.69, 9.17) is 4.98 Å². The van der Waals surface area contributed by atoms with Crippen LogP contribution in [0.1, 0.15) is 89.8 Å². The van der Waals surface area contributed by atoms with Crippen LogP contribution in [-0.4, -0.2) is 15.6 Å². The molecule has 0 amide bonds. The van der Waals surface area contributed by atoms with Crippen LogP contribution < -0.4 is 5.32 Å². The molecule has 1 heterocycles. The molecule has 0 saturated heterocycles. The lowest BCUT2D eigenvalue weighted by Gasteiger charge is -2.26. The number of aryl methyl sites for hydroxylation is 1. The fourth-order valence-corrected chi connectivity index (χ4v) is 3.43. The Kier molecular flexibility index (Phi) is 6.59. The second-order valence-corrected chi connectivity index (χ2v) is 6.80. The Morgan fingerprint density at radius 2 is 2.00 bits per heavy atom. The van der Waals surface area contributed by atoms with Gasteiger partial charge in [0.05, 0.1) is 5.69 Å². The Morgan fingerprint density at radius 1 is 1.24 bits per heavy atom. The third kappa shape index (κ3) is 5.05. The summed E-state index contributed by atoms with van der Waals surface area (Å²) >= 11 is 0. The third-order valence-electron chi connectivity index (χ3n) is 4.69. The summed E-state index contributed by atoms with van der Waals surface area (Å²) in [5, 5.41) is 3.66. The second-order valence-electron chi connectivity index (χ2n) is 6.80. The van der Waals surface area contributed by atoms with Crippen LogP contribution in [0.25, 0.3) is 0 Å². The van der Waals surface area contributed by atoms with Gasteiger partial charge in [0.25, 0.3) is 0 Å². The highest BCUT2D eigenvalue weighted by molar-refractivity contribution is 5.31. The minimum Gasteiger partial charge on any atom is -0.353 e.